The Balaban J connectivity index is 1.35. The molecule has 1 fully saturated rings. The number of amides is 4. The standard InChI is InChI=1S/C31H20BrCl3N2O5/c32-21-4-1-18(2-5-21)16-41-24-9-7-23(8-10-24)37-30(39)25(29(38)36-31(37)40)15-20-14-22(33)6-12-28(20)42-17-19-3-11-26(34)27(35)13-19/h1-15H,16-17H2,(H,36,38,40)/b25-15+. The lowest BCUT2D eigenvalue weighted by Gasteiger charge is -2.26. The number of imide groups is 2. The first-order chi connectivity index (χ1) is 20.2. The largest absolute Gasteiger partial charge is 0.489 e. The second kappa shape index (κ2) is 13.0. The summed E-state index contributed by atoms with van der Waals surface area (Å²) in [6.07, 6.45) is 1.34. The lowest BCUT2D eigenvalue weighted by molar-refractivity contribution is -0.122. The van der Waals surface area contributed by atoms with Gasteiger partial charge in [-0.2, -0.15) is 0 Å². The monoisotopic (exact) mass is 684 g/mol. The highest BCUT2D eigenvalue weighted by molar-refractivity contribution is 9.10. The van der Waals surface area contributed by atoms with Crippen molar-refractivity contribution in [1.29, 1.82) is 0 Å². The number of hydrogen-bond donors (Lipinski definition) is 1. The summed E-state index contributed by atoms with van der Waals surface area (Å²) in [5.74, 6) is -0.746. The lowest BCUT2D eigenvalue weighted by atomic mass is 10.1. The fourth-order valence-electron chi connectivity index (χ4n) is 4.04. The second-order valence-corrected chi connectivity index (χ2v) is 11.3. The molecule has 1 aliphatic rings. The molecular weight excluding hydrogens is 667 g/mol. The number of nitrogens with one attached hydrogen (secondary N) is 1. The molecular formula is C31H20BrCl3N2O5. The molecule has 7 nitrogen and oxygen atoms in total. The van der Waals surface area contributed by atoms with Crippen LogP contribution in [-0.2, 0) is 22.8 Å². The molecule has 0 bridgehead atoms. The minimum atomic E-state index is -0.868. The van der Waals surface area contributed by atoms with Crippen LogP contribution >= 0.6 is 50.7 Å². The molecule has 0 aliphatic carbocycles. The zero-order valence-electron chi connectivity index (χ0n) is 21.6. The third kappa shape index (κ3) is 6.97. The number of carbonyl (C=O) groups excluding carboxylic acids is 3. The van der Waals surface area contributed by atoms with Gasteiger partial charge in [-0.15, -0.1) is 0 Å². The molecule has 0 aromatic heterocycles. The number of rotatable bonds is 8. The maximum absolute atomic E-state index is 13.5. The molecule has 4 amide bonds. The molecule has 1 N–H and O–H groups in total. The zero-order valence-corrected chi connectivity index (χ0v) is 25.4. The van der Waals surface area contributed by atoms with Gasteiger partial charge in [0.15, 0.2) is 0 Å². The SMILES string of the molecule is O=C1NC(=O)N(c2ccc(OCc3ccc(Br)cc3)cc2)C(=O)/C1=C/c1cc(Cl)ccc1OCc1ccc(Cl)c(Cl)c1. The van der Waals surface area contributed by atoms with E-state index in [4.69, 9.17) is 44.3 Å². The third-order valence-corrected chi connectivity index (χ3v) is 7.67. The predicted molar refractivity (Wildman–Crippen MR) is 166 cm³/mol. The van der Waals surface area contributed by atoms with Crippen molar-refractivity contribution in [1.82, 2.24) is 5.32 Å². The minimum Gasteiger partial charge on any atom is -0.489 e. The number of barbiturate groups is 1. The van der Waals surface area contributed by atoms with Crippen molar-refractivity contribution >= 4 is 80.3 Å². The van der Waals surface area contributed by atoms with E-state index in [9.17, 15) is 14.4 Å². The molecule has 0 radical (unpaired) electrons. The van der Waals surface area contributed by atoms with E-state index < -0.39 is 17.8 Å². The fourth-order valence-corrected chi connectivity index (χ4v) is 4.81. The molecule has 4 aromatic rings. The predicted octanol–water partition coefficient (Wildman–Crippen LogP) is 8.23. The molecule has 0 saturated carbocycles. The van der Waals surface area contributed by atoms with Crippen LogP contribution in [0.5, 0.6) is 11.5 Å². The number of ether oxygens (including phenoxy) is 2. The first-order valence-electron chi connectivity index (χ1n) is 12.4. The molecule has 1 heterocycles. The van der Waals surface area contributed by atoms with Crippen molar-refractivity contribution < 1.29 is 23.9 Å². The fraction of sp³-hybridized carbons (Fsp3) is 0.0645. The van der Waals surface area contributed by atoms with Gasteiger partial charge in [0.05, 0.1) is 15.7 Å². The summed E-state index contributed by atoms with van der Waals surface area (Å²) in [4.78, 5) is 39.8. The summed E-state index contributed by atoms with van der Waals surface area (Å²) >= 11 is 21.7. The van der Waals surface area contributed by atoms with Crippen molar-refractivity contribution in [2.24, 2.45) is 0 Å². The van der Waals surface area contributed by atoms with E-state index in [0.29, 0.717) is 38.7 Å². The van der Waals surface area contributed by atoms with Gasteiger partial charge in [-0.1, -0.05) is 68.9 Å². The van der Waals surface area contributed by atoms with Crippen LogP contribution in [0.1, 0.15) is 16.7 Å². The van der Waals surface area contributed by atoms with Crippen molar-refractivity contribution in [3.05, 3.63) is 127 Å². The van der Waals surface area contributed by atoms with E-state index in [1.807, 2.05) is 24.3 Å². The molecule has 4 aromatic carbocycles. The van der Waals surface area contributed by atoms with Crippen molar-refractivity contribution in [2.45, 2.75) is 13.2 Å². The van der Waals surface area contributed by atoms with Gasteiger partial charge in [-0.3, -0.25) is 14.9 Å². The molecule has 42 heavy (non-hydrogen) atoms. The highest BCUT2D eigenvalue weighted by Gasteiger charge is 2.37. The van der Waals surface area contributed by atoms with Gasteiger partial charge in [0.25, 0.3) is 11.8 Å². The van der Waals surface area contributed by atoms with Gasteiger partial charge in [-0.25, -0.2) is 9.69 Å². The minimum absolute atomic E-state index is 0.135. The van der Waals surface area contributed by atoms with Crippen LogP contribution in [0.25, 0.3) is 6.08 Å². The average molecular weight is 687 g/mol. The molecule has 11 heteroatoms. The number of anilines is 1. The summed E-state index contributed by atoms with van der Waals surface area (Å²) < 4.78 is 12.7. The number of nitrogens with zero attached hydrogens (tertiary/aromatic N) is 1. The number of carbonyl (C=O) groups is 3. The highest BCUT2D eigenvalue weighted by atomic mass is 79.9. The molecule has 1 saturated heterocycles. The summed E-state index contributed by atoms with van der Waals surface area (Å²) in [6, 6.07) is 23.1. The smallest absolute Gasteiger partial charge is 0.335 e. The Morgan fingerprint density at radius 1 is 0.762 bits per heavy atom. The number of halogens is 4. The van der Waals surface area contributed by atoms with Crippen LogP contribution in [0.3, 0.4) is 0 Å². The van der Waals surface area contributed by atoms with Gasteiger partial charge in [-0.05, 0) is 83.9 Å². The Labute approximate surface area is 264 Å². The number of urea groups is 1. The quantitative estimate of drug-likeness (QED) is 0.149. The average Bonchev–Trinajstić information content (AvgIpc) is 2.97. The normalized spacial score (nSPS) is 14.2. The Hall–Kier alpha value is -3.82. The zero-order chi connectivity index (χ0) is 29.8. The Morgan fingerprint density at radius 3 is 2.17 bits per heavy atom. The molecule has 5 rings (SSSR count). The van der Waals surface area contributed by atoms with Crippen molar-refractivity contribution in [3.8, 4) is 11.5 Å². The highest BCUT2D eigenvalue weighted by Crippen LogP contribution is 2.30. The summed E-state index contributed by atoms with van der Waals surface area (Å²) in [6.45, 7) is 0.474. The summed E-state index contributed by atoms with van der Waals surface area (Å²) in [5.41, 5.74) is 2.08. The molecule has 0 atom stereocenters. The van der Waals surface area contributed by atoms with E-state index in [2.05, 4.69) is 21.2 Å². The van der Waals surface area contributed by atoms with E-state index in [0.717, 1.165) is 20.5 Å². The first kappa shape index (κ1) is 29.7. The Bertz CT molecular complexity index is 1710. The Morgan fingerprint density at radius 2 is 1.45 bits per heavy atom. The van der Waals surface area contributed by atoms with Crippen LogP contribution in [-0.4, -0.2) is 17.8 Å². The van der Waals surface area contributed by atoms with Gasteiger partial charge in [0.1, 0.15) is 30.3 Å². The van der Waals surface area contributed by atoms with E-state index in [1.54, 1.807) is 60.7 Å². The Kier molecular flexibility index (Phi) is 9.18. The number of hydrogen-bond acceptors (Lipinski definition) is 5. The molecule has 0 unspecified atom stereocenters. The van der Waals surface area contributed by atoms with E-state index >= 15 is 0 Å². The number of benzene rings is 4. The van der Waals surface area contributed by atoms with Gasteiger partial charge >= 0.3 is 6.03 Å². The van der Waals surface area contributed by atoms with Crippen molar-refractivity contribution in [2.75, 3.05) is 4.90 Å². The first-order valence-corrected chi connectivity index (χ1v) is 14.4. The van der Waals surface area contributed by atoms with Crippen LogP contribution < -0.4 is 19.7 Å². The second-order valence-electron chi connectivity index (χ2n) is 9.09. The maximum atomic E-state index is 13.5. The van der Waals surface area contributed by atoms with Crippen molar-refractivity contribution in [3.63, 3.8) is 0 Å². The van der Waals surface area contributed by atoms with Crippen LogP contribution in [0, 0.1) is 0 Å². The lowest BCUT2D eigenvalue weighted by Crippen LogP contribution is -2.54. The summed E-state index contributed by atoms with van der Waals surface area (Å²) in [5, 5.41) is 3.38. The van der Waals surface area contributed by atoms with E-state index in [-0.39, 0.29) is 17.9 Å². The van der Waals surface area contributed by atoms with Crippen LogP contribution in [0.2, 0.25) is 15.1 Å². The van der Waals surface area contributed by atoms with Crippen LogP contribution in [0.4, 0.5) is 10.5 Å². The summed E-state index contributed by atoms with van der Waals surface area (Å²) in [7, 11) is 0. The van der Waals surface area contributed by atoms with Gasteiger partial charge < -0.3 is 9.47 Å². The van der Waals surface area contributed by atoms with Gasteiger partial charge in [0.2, 0.25) is 0 Å². The molecule has 0 spiro atoms. The molecule has 212 valence electrons. The van der Waals surface area contributed by atoms with Gasteiger partial charge in [0, 0.05) is 15.1 Å². The van der Waals surface area contributed by atoms with E-state index in [1.165, 1.54) is 6.08 Å². The topological polar surface area (TPSA) is 84.9 Å². The third-order valence-electron chi connectivity index (χ3n) is 6.17. The van der Waals surface area contributed by atoms with Crippen LogP contribution in [0.15, 0.2) is 95.0 Å². The maximum Gasteiger partial charge on any atom is 0.335 e. The molecule has 1 aliphatic heterocycles.